The molecule has 0 unspecified atom stereocenters. The summed E-state index contributed by atoms with van der Waals surface area (Å²) in [5, 5.41) is 6.43. The van der Waals surface area contributed by atoms with E-state index in [9.17, 15) is 4.39 Å². The maximum atomic E-state index is 13.6. The van der Waals surface area contributed by atoms with Crippen molar-refractivity contribution in [2.75, 3.05) is 32.8 Å². The quantitative estimate of drug-likeness (QED) is 0.395. The summed E-state index contributed by atoms with van der Waals surface area (Å²) in [6.45, 7) is 10.0. The third kappa shape index (κ3) is 9.18. The molecule has 0 bridgehead atoms. The number of halogens is 1. The van der Waals surface area contributed by atoms with E-state index in [1.165, 1.54) is 6.07 Å². The molecule has 0 atom stereocenters. The molecular weight excluding hydrogens is 293 g/mol. The van der Waals surface area contributed by atoms with Crippen LogP contribution < -0.4 is 10.6 Å². The maximum absolute atomic E-state index is 13.6. The summed E-state index contributed by atoms with van der Waals surface area (Å²) in [5.41, 5.74) is 0.720. The molecule has 4 nitrogen and oxygen atoms in total. The monoisotopic (exact) mass is 323 g/mol. The van der Waals surface area contributed by atoms with Gasteiger partial charge in [-0.3, -0.25) is 4.99 Å². The van der Waals surface area contributed by atoms with E-state index in [0.717, 1.165) is 37.7 Å². The van der Waals surface area contributed by atoms with Crippen LogP contribution in [0.1, 0.15) is 32.8 Å². The van der Waals surface area contributed by atoms with E-state index in [0.29, 0.717) is 25.4 Å². The molecule has 130 valence electrons. The molecule has 0 aliphatic carbocycles. The summed E-state index contributed by atoms with van der Waals surface area (Å²) in [6.07, 6.45) is 1.53. The lowest BCUT2D eigenvalue weighted by Gasteiger charge is -2.12. The van der Waals surface area contributed by atoms with Crippen LogP contribution in [0.15, 0.2) is 29.3 Å². The fourth-order valence-electron chi connectivity index (χ4n) is 2.03. The van der Waals surface area contributed by atoms with Crippen molar-refractivity contribution >= 4 is 5.96 Å². The molecule has 1 aromatic carbocycles. The molecule has 23 heavy (non-hydrogen) atoms. The van der Waals surface area contributed by atoms with Crippen molar-refractivity contribution in [2.24, 2.45) is 10.9 Å². The molecule has 0 aliphatic heterocycles. The number of rotatable bonds is 10. The zero-order valence-corrected chi connectivity index (χ0v) is 14.6. The highest BCUT2D eigenvalue weighted by molar-refractivity contribution is 5.79. The lowest BCUT2D eigenvalue weighted by atomic mass is 10.1. The van der Waals surface area contributed by atoms with Crippen molar-refractivity contribution in [1.82, 2.24) is 10.6 Å². The van der Waals surface area contributed by atoms with Gasteiger partial charge in [0.05, 0.1) is 0 Å². The van der Waals surface area contributed by atoms with Gasteiger partial charge in [-0.05, 0) is 37.3 Å². The van der Waals surface area contributed by atoms with Gasteiger partial charge in [-0.25, -0.2) is 4.39 Å². The average molecular weight is 323 g/mol. The number of nitrogens with zero attached hydrogens (tertiary/aromatic N) is 1. The molecule has 0 fully saturated rings. The Hall–Kier alpha value is -1.62. The highest BCUT2D eigenvalue weighted by atomic mass is 19.1. The van der Waals surface area contributed by atoms with Gasteiger partial charge in [0, 0.05) is 32.8 Å². The van der Waals surface area contributed by atoms with Crippen molar-refractivity contribution in [3.63, 3.8) is 0 Å². The number of benzene rings is 1. The fraction of sp³-hybridized carbons (Fsp3) is 0.611. The van der Waals surface area contributed by atoms with E-state index in [2.05, 4.69) is 29.5 Å². The first-order valence-electron chi connectivity index (χ1n) is 8.46. The Morgan fingerprint density at radius 1 is 1.26 bits per heavy atom. The van der Waals surface area contributed by atoms with Gasteiger partial charge >= 0.3 is 0 Å². The Morgan fingerprint density at radius 3 is 2.74 bits per heavy atom. The highest BCUT2D eigenvalue weighted by Crippen LogP contribution is 2.06. The highest BCUT2D eigenvalue weighted by Gasteiger charge is 2.01. The number of hydrogen-bond acceptors (Lipinski definition) is 2. The smallest absolute Gasteiger partial charge is 0.191 e. The van der Waals surface area contributed by atoms with Gasteiger partial charge in [-0.1, -0.05) is 32.0 Å². The normalized spacial score (nSPS) is 11.8. The van der Waals surface area contributed by atoms with Crippen LogP contribution in [0.3, 0.4) is 0 Å². The summed E-state index contributed by atoms with van der Waals surface area (Å²) < 4.78 is 19.1. The molecule has 1 aromatic rings. The van der Waals surface area contributed by atoms with Crippen LogP contribution in [0, 0.1) is 11.7 Å². The largest absolute Gasteiger partial charge is 0.381 e. The van der Waals surface area contributed by atoms with E-state index >= 15 is 0 Å². The molecule has 0 heterocycles. The predicted molar refractivity (Wildman–Crippen MR) is 94.4 cm³/mol. The molecule has 5 heteroatoms. The summed E-state index contributed by atoms with van der Waals surface area (Å²) >= 11 is 0. The molecule has 0 spiro atoms. The van der Waals surface area contributed by atoms with Crippen LogP contribution in [0.4, 0.5) is 4.39 Å². The van der Waals surface area contributed by atoms with Gasteiger partial charge in [0.1, 0.15) is 5.82 Å². The average Bonchev–Trinajstić information content (AvgIpc) is 2.52. The molecule has 0 aliphatic rings. The van der Waals surface area contributed by atoms with Crippen molar-refractivity contribution in [3.05, 3.63) is 35.6 Å². The molecule has 0 amide bonds. The second-order valence-electron chi connectivity index (χ2n) is 5.85. The maximum Gasteiger partial charge on any atom is 0.191 e. The summed E-state index contributed by atoms with van der Waals surface area (Å²) in [4.78, 5) is 4.50. The van der Waals surface area contributed by atoms with Crippen LogP contribution in [-0.2, 0) is 11.2 Å². The molecule has 1 rings (SSSR count). The second kappa shape index (κ2) is 11.9. The first-order chi connectivity index (χ1) is 11.1. The van der Waals surface area contributed by atoms with Crippen molar-refractivity contribution in [3.8, 4) is 0 Å². The third-order valence-electron chi connectivity index (χ3n) is 3.16. The summed E-state index contributed by atoms with van der Waals surface area (Å²) in [5.74, 6) is 1.18. The topological polar surface area (TPSA) is 45.7 Å². The SMILES string of the molecule is CCNC(=NCCCOCC(C)C)NCCc1ccccc1F. The summed E-state index contributed by atoms with van der Waals surface area (Å²) in [6, 6.07) is 6.87. The minimum absolute atomic E-state index is 0.154. The second-order valence-corrected chi connectivity index (χ2v) is 5.85. The number of hydrogen-bond donors (Lipinski definition) is 2. The number of nitrogens with one attached hydrogen (secondary N) is 2. The third-order valence-corrected chi connectivity index (χ3v) is 3.16. The Kier molecular flexibility index (Phi) is 10.0. The van der Waals surface area contributed by atoms with Gasteiger partial charge in [0.25, 0.3) is 0 Å². The Bertz CT molecular complexity index is 463. The summed E-state index contributed by atoms with van der Waals surface area (Å²) in [7, 11) is 0. The number of aliphatic imine (C=N–C) groups is 1. The molecule has 0 radical (unpaired) electrons. The first kappa shape index (κ1) is 19.4. The Balaban J connectivity index is 2.28. The van der Waals surface area contributed by atoms with E-state index in [1.807, 2.05) is 19.1 Å². The van der Waals surface area contributed by atoms with Crippen molar-refractivity contribution < 1.29 is 9.13 Å². The predicted octanol–water partition coefficient (Wildman–Crippen LogP) is 2.99. The zero-order valence-electron chi connectivity index (χ0n) is 14.6. The minimum atomic E-state index is -0.154. The van der Waals surface area contributed by atoms with Gasteiger partial charge in [0.2, 0.25) is 0 Å². The first-order valence-corrected chi connectivity index (χ1v) is 8.46. The van der Waals surface area contributed by atoms with E-state index in [1.54, 1.807) is 6.07 Å². The lowest BCUT2D eigenvalue weighted by Crippen LogP contribution is -2.38. The van der Waals surface area contributed by atoms with E-state index < -0.39 is 0 Å². The molecular formula is C18H30FN3O. The van der Waals surface area contributed by atoms with Gasteiger partial charge in [-0.15, -0.1) is 0 Å². The van der Waals surface area contributed by atoms with Crippen molar-refractivity contribution in [1.29, 1.82) is 0 Å². The fourth-order valence-corrected chi connectivity index (χ4v) is 2.03. The standard InChI is InChI=1S/C18H30FN3O/c1-4-20-18(21-11-7-13-23-14-15(2)3)22-12-10-16-8-5-6-9-17(16)19/h5-6,8-9,15H,4,7,10-14H2,1-3H3,(H2,20,21,22). The molecule has 0 saturated heterocycles. The van der Waals surface area contributed by atoms with Crippen LogP contribution in [0.25, 0.3) is 0 Å². The van der Waals surface area contributed by atoms with Gasteiger partial charge in [0.15, 0.2) is 5.96 Å². The lowest BCUT2D eigenvalue weighted by molar-refractivity contribution is 0.109. The molecule has 2 N–H and O–H groups in total. The van der Waals surface area contributed by atoms with Crippen LogP contribution >= 0.6 is 0 Å². The number of ether oxygens (including phenoxy) is 1. The van der Waals surface area contributed by atoms with Crippen LogP contribution in [-0.4, -0.2) is 38.8 Å². The van der Waals surface area contributed by atoms with Crippen LogP contribution in [0.2, 0.25) is 0 Å². The van der Waals surface area contributed by atoms with Crippen molar-refractivity contribution in [2.45, 2.75) is 33.6 Å². The van der Waals surface area contributed by atoms with Crippen LogP contribution in [0.5, 0.6) is 0 Å². The van der Waals surface area contributed by atoms with E-state index in [-0.39, 0.29) is 5.82 Å². The molecule has 0 aromatic heterocycles. The Morgan fingerprint density at radius 2 is 2.04 bits per heavy atom. The van der Waals surface area contributed by atoms with Gasteiger partial charge < -0.3 is 15.4 Å². The zero-order chi connectivity index (χ0) is 16.9. The Labute approximate surface area is 139 Å². The molecule has 0 saturated carbocycles. The number of guanidine groups is 1. The van der Waals surface area contributed by atoms with Gasteiger partial charge in [-0.2, -0.15) is 0 Å². The minimum Gasteiger partial charge on any atom is -0.381 e. The van der Waals surface area contributed by atoms with E-state index in [4.69, 9.17) is 4.74 Å².